The smallest absolute Gasteiger partial charge is 0.303 e. The molecule has 5 nitrogen and oxygen atoms in total. The van der Waals surface area contributed by atoms with Crippen molar-refractivity contribution >= 4 is 22.6 Å². The summed E-state index contributed by atoms with van der Waals surface area (Å²) >= 11 is 1.38. The molecule has 0 bridgehead atoms. The number of carboxylic acids is 1. The van der Waals surface area contributed by atoms with Crippen LogP contribution in [0.4, 0.5) is 5.13 Å². The van der Waals surface area contributed by atoms with E-state index in [4.69, 9.17) is 5.11 Å². The van der Waals surface area contributed by atoms with E-state index in [1.807, 2.05) is 6.92 Å². The summed E-state index contributed by atoms with van der Waals surface area (Å²) in [7, 11) is 0. The minimum Gasteiger partial charge on any atom is -0.481 e. The summed E-state index contributed by atoms with van der Waals surface area (Å²) in [5, 5.41) is 12.8. The van der Waals surface area contributed by atoms with Crippen LogP contribution in [-0.4, -0.2) is 27.0 Å². The van der Waals surface area contributed by atoms with Gasteiger partial charge in [0.05, 0.1) is 0 Å². The first kappa shape index (κ1) is 14.9. The van der Waals surface area contributed by atoms with E-state index in [-0.39, 0.29) is 11.8 Å². The van der Waals surface area contributed by atoms with Crippen molar-refractivity contribution in [2.45, 2.75) is 46.5 Å². The van der Waals surface area contributed by atoms with Gasteiger partial charge in [-0.05, 0) is 18.3 Å². The maximum atomic E-state index is 10.5. The molecule has 102 valence electrons. The number of aryl methyl sites for hydroxylation is 1. The molecule has 0 unspecified atom stereocenters. The Morgan fingerprint density at radius 3 is 2.72 bits per heavy atom. The number of anilines is 1. The molecule has 0 saturated heterocycles. The minimum absolute atomic E-state index is 0.0314. The van der Waals surface area contributed by atoms with E-state index in [0.717, 1.165) is 30.3 Å². The molecule has 18 heavy (non-hydrogen) atoms. The fourth-order valence-electron chi connectivity index (χ4n) is 1.55. The van der Waals surface area contributed by atoms with Crippen LogP contribution in [0.25, 0.3) is 0 Å². The summed E-state index contributed by atoms with van der Waals surface area (Å²) in [6.07, 6.45) is 2.69. The average molecular weight is 271 g/mol. The summed E-state index contributed by atoms with van der Waals surface area (Å²) in [4.78, 5) is 14.9. The van der Waals surface area contributed by atoms with E-state index in [9.17, 15) is 4.79 Å². The summed E-state index contributed by atoms with van der Waals surface area (Å²) in [5.41, 5.74) is 0.0314. The van der Waals surface area contributed by atoms with Gasteiger partial charge in [0.2, 0.25) is 5.13 Å². The Bertz CT molecular complexity index is 390. The number of nitrogens with zero attached hydrogens (tertiary/aromatic N) is 2. The number of carbonyl (C=O) groups is 1. The van der Waals surface area contributed by atoms with Gasteiger partial charge in [-0.15, -0.1) is 0 Å². The highest BCUT2D eigenvalue weighted by Gasteiger charge is 2.18. The zero-order valence-corrected chi connectivity index (χ0v) is 12.0. The van der Waals surface area contributed by atoms with Crippen LogP contribution < -0.4 is 5.32 Å². The zero-order chi connectivity index (χ0) is 13.6. The maximum Gasteiger partial charge on any atom is 0.303 e. The highest BCUT2D eigenvalue weighted by atomic mass is 32.1. The molecule has 0 spiro atoms. The third kappa shape index (κ3) is 5.44. The number of hydrogen-bond acceptors (Lipinski definition) is 5. The SMILES string of the molecule is CCc1nsc(NCCC(C)(C)CCC(=O)O)n1. The molecule has 6 heteroatoms. The predicted octanol–water partition coefficient (Wildman–Crippen LogP) is 2.79. The van der Waals surface area contributed by atoms with Crippen LogP contribution in [0, 0.1) is 5.41 Å². The molecule has 0 atom stereocenters. The van der Waals surface area contributed by atoms with Crippen molar-refractivity contribution < 1.29 is 9.90 Å². The molecule has 1 aromatic rings. The average Bonchev–Trinajstić information content (AvgIpc) is 2.74. The molecule has 0 saturated carbocycles. The molecule has 0 aromatic carbocycles. The van der Waals surface area contributed by atoms with Crippen LogP contribution in [0.3, 0.4) is 0 Å². The molecule has 1 rings (SSSR count). The maximum absolute atomic E-state index is 10.5. The van der Waals surface area contributed by atoms with Gasteiger partial charge in [0, 0.05) is 30.9 Å². The largest absolute Gasteiger partial charge is 0.481 e. The highest BCUT2D eigenvalue weighted by Crippen LogP contribution is 2.26. The Hall–Kier alpha value is -1.17. The Labute approximate surface area is 112 Å². The van der Waals surface area contributed by atoms with Gasteiger partial charge in [-0.2, -0.15) is 4.37 Å². The van der Waals surface area contributed by atoms with Crippen molar-refractivity contribution in [1.82, 2.24) is 9.36 Å². The number of nitrogens with one attached hydrogen (secondary N) is 1. The van der Waals surface area contributed by atoms with Gasteiger partial charge in [0.15, 0.2) is 0 Å². The first-order valence-electron chi connectivity index (χ1n) is 6.21. The molecule has 0 radical (unpaired) electrons. The lowest BCUT2D eigenvalue weighted by Gasteiger charge is -2.23. The van der Waals surface area contributed by atoms with Gasteiger partial charge in [-0.1, -0.05) is 20.8 Å². The molecule has 0 amide bonds. The third-order valence-electron chi connectivity index (χ3n) is 2.88. The molecule has 0 aliphatic rings. The molecular formula is C12H21N3O2S. The predicted molar refractivity (Wildman–Crippen MR) is 73.0 cm³/mol. The van der Waals surface area contributed by atoms with E-state index in [1.165, 1.54) is 11.5 Å². The van der Waals surface area contributed by atoms with Gasteiger partial charge in [0.1, 0.15) is 5.82 Å². The van der Waals surface area contributed by atoms with Crippen LogP contribution >= 0.6 is 11.5 Å². The zero-order valence-electron chi connectivity index (χ0n) is 11.2. The van der Waals surface area contributed by atoms with Gasteiger partial charge < -0.3 is 10.4 Å². The van der Waals surface area contributed by atoms with Crippen molar-refractivity contribution in [3.63, 3.8) is 0 Å². The summed E-state index contributed by atoms with van der Waals surface area (Å²) in [6, 6.07) is 0. The van der Waals surface area contributed by atoms with E-state index in [2.05, 4.69) is 28.5 Å². The quantitative estimate of drug-likeness (QED) is 0.760. The number of hydrogen-bond donors (Lipinski definition) is 2. The topological polar surface area (TPSA) is 75.1 Å². The molecule has 0 aliphatic carbocycles. The van der Waals surface area contributed by atoms with E-state index < -0.39 is 5.97 Å². The molecule has 2 N–H and O–H groups in total. The van der Waals surface area contributed by atoms with Crippen LogP contribution in [0.15, 0.2) is 0 Å². The Kier molecular flexibility index (Phi) is 5.53. The lowest BCUT2D eigenvalue weighted by atomic mass is 9.84. The molecule has 1 aromatic heterocycles. The van der Waals surface area contributed by atoms with Crippen molar-refractivity contribution in [2.75, 3.05) is 11.9 Å². The fraction of sp³-hybridized carbons (Fsp3) is 0.750. The van der Waals surface area contributed by atoms with Crippen molar-refractivity contribution in [1.29, 1.82) is 0 Å². The van der Waals surface area contributed by atoms with Crippen LogP contribution in [-0.2, 0) is 11.2 Å². The van der Waals surface area contributed by atoms with Gasteiger partial charge in [0.25, 0.3) is 0 Å². The van der Waals surface area contributed by atoms with Gasteiger partial charge in [-0.25, -0.2) is 4.98 Å². The fourth-order valence-corrected chi connectivity index (χ4v) is 2.22. The minimum atomic E-state index is -0.729. The van der Waals surface area contributed by atoms with Crippen LogP contribution in [0.5, 0.6) is 0 Å². The number of aliphatic carboxylic acids is 1. The number of aromatic nitrogens is 2. The van der Waals surface area contributed by atoms with Gasteiger partial charge in [-0.3, -0.25) is 4.79 Å². The normalized spacial score (nSPS) is 11.5. The highest BCUT2D eigenvalue weighted by molar-refractivity contribution is 7.09. The number of carboxylic acid groups (broad SMARTS) is 1. The second-order valence-corrected chi connectivity index (χ2v) is 5.86. The second-order valence-electron chi connectivity index (χ2n) is 5.10. The Morgan fingerprint density at radius 1 is 1.44 bits per heavy atom. The second kappa shape index (κ2) is 6.68. The lowest BCUT2D eigenvalue weighted by Crippen LogP contribution is -2.18. The monoisotopic (exact) mass is 271 g/mol. The molecular weight excluding hydrogens is 250 g/mol. The first-order chi connectivity index (χ1) is 8.43. The standard InChI is InChI=1S/C12H21N3O2S/c1-4-9-14-11(18-15-9)13-8-7-12(2,3)6-5-10(16)17/h4-8H2,1-3H3,(H,16,17)(H,13,14,15). The van der Waals surface area contributed by atoms with E-state index in [1.54, 1.807) is 0 Å². The van der Waals surface area contributed by atoms with E-state index in [0.29, 0.717) is 6.42 Å². The Morgan fingerprint density at radius 2 is 2.17 bits per heavy atom. The molecule has 0 fully saturated rings. The lowest BCUT2D eigenvalue weighted by molar-refractivity contribution is -0.137. The van der Waals surface area contributed by atoms with Crippen molar-refractivity contribution in [2.24, 2.45) is 5.41 Å². The summed E-state index contributed by atoms with van der Waals surface area (Å²) in [6.45, 7) is 7.01. The van der Waals surface area contributed by atoms with Crippen molar-refractivity contribution in [3.05, 3.63) is 5.82 Å². The van der Waals surface area contributed by atoms with Crippen molar-refractivity contribution in [3.8, 4) is 0 Å². The van der Waals surface area contributed by atoms with Crippen LogP contribution in [0.2, 0.25) is 0 Å². The number of rotatable bonds is 8. The molecule has 1 heterocycles. The third-order valence-corrected chi connectivity index (χ3v) is 3.59. The molecule has 0 aliphatic heterocycles. The van der Waals surface area contributed by atoms with E-state index >= 15 is 0 Å². The summed E-state index contributed by atoms with van der Waals surface area (Å²) in [5.74, 6) is 0.139. The summed E-state index contributed by atoms with van der Waals surface area (Å²) < 4.78 is 4.20. The van der Waals surface area contributed by atoms with Gasteiger partial charge >= 0.3 is 5.97 Å². The first-order valence-corrected chi connectivity index (χ1v) is 6.98. The van der Waals surface area contributed by atoms with Crippen LogP contribution in [0.1, 0.15) is 45.9 Å². The Balaban J connectivity index is 2.29.